The monoisotopic (exact) mass is 303 g/mol. The molecular weight excluding hydrogens is 286 g/mol. The van der Waals surface area contributed by atoms with Crippen molar-refractivity contribution in [2.45, 2.75) is 19.4 Å². The van der Waals surface area contributed by atoms with Gasteiger partial charge >= 0.3 is 0 Å². The van der Waals surface area contributed by atoms with E-state index in [1.54, 1.807) is 7.11 Å². The number of methoxy groups -OCH3 is 1. The highest BCUT2D eigenvalue weighted by Gasteiger charge is 2.10. The Morgan fingerprint density at radius 1 is 1.14 bits per heavy atom. The fourth-order valence-corrected chi connectivity index (χ4v) is 2.18. The molecular formula is C17H18ClNO2. The molecule has 0 spiro atoms. The van der Waals surface area contributed by atoms with Crippen LogP contribution in [0.5, 0.6) is 5.75 Å². The van der Waals surface area contributed by atoms with Crippen LogP contribution in [0.25, 0.3) is 0 Å². The largest absolute Gasteiger partial charge is 0.497 e. The van der Waals surface area contributed by atoms with E-state index in [4.69, 9.17) is 16.3 Å². The molecule has 2 aromatic rings. The number of nitrogens with one attached hydrogen (secondary N) is 1. The van der Waals surface area contributed by atoms with E-state index in [1.165, 1.54) is 0 Å². The lowest BCUT2D eigenvalue weighted by atomic mass is 10.1. The molecule has 0 aromatic heterocycles. The van der Waals surface area contributed by atoms with Gasteiger partial charge in [-0.2, -0.15) is 0 Å². The van der Waals surface area contributed by atoms with Crippen LogP contribution in [-0.4, -0.2) is 13.0 Å². The van der Waals surface area contributed by atoms with Crippen LogP contribution >= 0.6 is 11.6 Å². The maximum atomic E-state index is 12.0. The molecule has 2 aromatic carbocycles. The Labute approximate surface area is 129 Å². The maximum Gasteiger partial charge on any atom is 0.224 e. The summed E-state index contributed by atoms with van der Waals surface area (Å²) in [6, 6.07) is 14.9. The van der Waals surface area contributed by atoms with Crippen molar-refractivity contribution in [2.75, 3.05) is 7.11 Å². The zero-order valence-corrected chi connectivity index (χ0v) is 12.9. The molecule has 21 heavy (non-hydrogen) atoms. The molecule has 1 N–H and O–H groups in total. The first-order chi connectivity index (χ1) is 10.1. The first kappa shape index (κ1) is 15.4. The minimum Gasteiger partial charge on any atom is -0.497 e. The normalized spacial score (nSPS) is 11.8. The van der Waals surface area contributed by atoms with Crippen LogP contribution in [0.15, 0.2) is 48.5 Å². The molecule has 0 aliphatic heterocycles. The van der Waals surface area contributed by atoms with Crippen molar-refractivity contribution >= 4 is 17.5 Å². The van der Waals surface area contributed by atoms with Gasteiger partial charge < -0.3 is 10.1 Å². The van der Waals surface area contributed by atoms with Crippen LogP contribution in [0.3, 0.4) is 0 Å². The van der Waals surface area contributed by atoms with Gasteiger partial charge in [0.1, 0.15) is 5.75 Å². The number of halogens is 1. The number of hydrogen-bond donors (Lipinski definition) is 1. The van der Waals surface area contributed by atoms with Crippen molar-refractivity contribution < 1.29 is 9.53 Å². The summed E-state index contributed by atoms with van der Waals surface area (Å²) in [6.07, 6.45) is 0.349. The number of rotatable bonds is 5. The van der Waals surface area contributed by atoms with Gasteiger partial charge in [-0.05, 0) is 42.3 Å². The molecule has 0 heterocycles. The van der Waals surface area contributed by atoms with E-state index in [0.29, 0.717) is 11.4 Å². The van der Waals surface area contributed by atoms with Gasteiger partial charge in [-0.25, -0.2) is 0 Å². The third-order valence-corrected chi connectivity index (χ3v) is 3.52. The van der Waals surface area contributed by atoms with Crippen molar-refractivity contribution in [3.05, 3.63) is 64.7 Å². The number of carbonyl (C=O) groups excluding carboxylic acids is 1. The van der Waals surface area contributed by atoms with E-state index < -0.39 is 0 Å². The Bertz CT molecular complexity index is 593. The molecule has 0 aliphatic rings. The molecule has 0 bridgehead atoms. The molecule has 0 fully saturated rings. The summed E-state index contributed by atoms with van der Waals surface area (Å²) >= 11 is 5.86. The van der Waals surface area contributed by atoms with Crippen LogP contribution in [0.1, 0.15) is 24.1 Å². The van der Waals surface area contributed by atoms with E-state index in [-0.39, 0.29) is 11.9 Å². The third kappa shape index (κ3) is 4.50. The summed E-state index contributed by atoms with van der Waals surface area (Å²) in [5, 5.41) is 3.67. The minimum atomic E-state index is -0.0481. The molecule has 1 atom stereocenters. The Morgan fingerprint density at radius 3 is 2.33 bits per heavy atom. The lowest BCUT2D eigenvalue weighted by molar-refractivity contribution is -0.121. The van der Waals surface area contributed by atoms with Crippen LogP contribution in [0.4, 0.5) is 0 Å². The second-order valence-corrected chi connectivity index (χ2v) is 5.30. The molecule has 110 valence electrons. The maximum absolute atomic E-state index is 12.0. The van der Waals surface area contributed by atoms with Crippen LogP contribution < -0.4 is 10.1 Å². The smallest absolute Gasteiger partial charge is 0.224 e. The fraction of sp³-hybridized carbons (Fsp3) is 0.235. The van der Waals surface area contributed by atoms with Crippen molar-refractivity contribution in [1.29, 1.82) is 0 Å². The number of ether oxygens (including phenoxy) is 1. The van der Waals surface area contributed by atoms with Crippen molar-refractivity contribution in [2.24, 2.45) is 0 Å². The van der Waals surface area contributed by atoms with Crippen molar-refractivity contribution in [3.63, 3.8) is 0 Å². The molecule has 4 heteroatoms. The SMILES string of the molecule is COc1ccc(CC(=O)NC(C)c2ccc(Cl)cc2)cc1. The first-order valence-corrected chi connectivity index (χ1v) is 7.14. The number of amides is 1. The number of hydrogen-bond acceptors (Lipinski definition) is 2. The highest BCUT2D eigenvalue weighted by molar-refractivity contribution is 6.30. The summed E-state index contributed by atoms with van der Waals surface area (Å²) in [7, 11) is 1.62. The van der Waals surface area contributed by atoms with E-state index >= 15 is 0 Å². The topological polar surface area (TPSA) is 38.3 Å². The van der Waals surface area contributed by atoms with Crippen LogP contribution in [0, 0.1) is 0 Å². The number of benzene rings is 2. The van der Waals surface area contributed by atoms with E-state index in [0.717, 1.165) is 16.9 Å². The summed E-state index contributed by atoms with van der Waals surface area (Å²) in [5.41, 5.74) is 1.99. The molecule has 0 saturated carbocycles. The Hall–Kier alpha value is -2.00. The molecule has 1 unspecified atom stereocenters. The highest BCUT2D eigenvalue weighted by atomic mass is 35.5. The highest BCUT2D eigenvalue weighted by Crippen LogP contribution is 2.16. The average molecular weight is 304 g/mol. The van der Waals surface area contributed by atoms with Crippen LogP contribution in [0.2, 0.25) is 5.02 Å². The van der Waals surface area contributed by atoms with E-state index in [1.807, 2.05) is 55.5 Å². The molecule has 0 aliphatic carbocycles. The Kier molecular flexibility index (Phi) is 5.23. The zero-order chi connectivity index (χ0) is 15.2. The number of carbonyl (C=O) groups is 1. The summed E-state index contributed by atoms with van der Waals surface area (Å²) in [6.45, 7) is 1.95. The van der Waals surface area contributed by atoms with Gasteiger partial charge in [0.25, 0.3) is 0 Å². The minimum absolute atomic E-state index is 0.0115. The molecule has 1 amide bonds. The lowest BCUT2D eigenvalue weighted by Gasteiger charge is -2.14. The first-order valence-electron chi connectivity index (χ1n) is 6.76. The van der Waals surface area contributed by atoms with Gasteiger partial charge in [0, 0.05) is 5.02 Å². The van der Waals surface area contributed by atoms with E-state index in [2.05, 4.69) is 5.32 Å². The van der Waals surface area contributed by atoms with Crippen molar-refractivity contribution in [3.8, 4) is 5.75 Å². The predicted molar refractivity (Wildman–Crippen MR) is 84.7 cm³/mol. The summed E-state index contributed by atoms with van der Waals surface area (Å²) in [4.78, 5) is 12.0. The third-order valence-electron chi connectivity index (χ3n) is 3.27. The van der Waals surface area contributed by atoms with Gasteiger partial charge in [-0.3, -0.25) is 4.79 Å². The van der Waals surface area contributed by atoms with Gasteiger partial charge in [0.15, 0.2) is 0 Å². The second-order valence-electron chi connectivity index (χ2n) is 4.87. The van der Waals surface area contributed by atoms with Gasteiger partial charge in [-0.15, -0.1) is 0 Å². The standard InChI is InChI=1S/C17H18ClNO2/c1-12(14-5-7-15(18)8-6-14)19-17(20)11-13-3-9-16(21-2)10-4-13/h3-10,12H,11H2,1-2H3,(H,19,20). The Morgan fingerprint density at radius 2 is 1.76 bits per heavy atom. The summed E-state index contributed by atoms with van der Waals surface area (Å²) in [5.74, 6) is 0.774. The van der Waals surface area contributed by atoms with Gasteiger partial charge in [-0.1, -0.05) is 35.9 Å². The van der Waals surface area contributed by atoms with E-state index in [9.17, 15) is 4.79 Å². The predicted octanol–water partition coefficient (Wildman–Crippen LogP) is 3.77. The molecule has 2 rings (SSSR count). The zero-order valence-electron chi connectivity index (χ0n) is 12.1. The quantitative estimate of drug-likeness (QED) is 0.913. The lowest BCUT2D eigenvalue weighted by Crippen LogP contribution is -2.28. The fourth-order valence-electron chi connectivity index (χ4n) is 2.06. The molecule has 0 saturated heterocycles. The molecule has 3 nitrogen and oxygen atoms in total. The average Bonchev–Trinajstić information content (AvgIpc) is 2.48. The summed E-state index contributed by atoms with van der Waals surface area (Å²) < 4.78 is 5.09. The van der Waals surface area contributed by atoms with Gasteiger partial charge in [0.05, 0.1) is 19.6 Å². The second kappa shape index (κ2) is 7.14. The van der Waals surface area contributed by atoms with Crippen molar-refractivity contribution in [1.82, 2.24) is 5.32 Å². The van der Waals surface area contributed by atoms with Crippen LogP contribution in [-0.2, 0) is 11.2 Å². The molecule has 0 radical (unpaired) electrons. The van der Waals surface area contributed by atoms with Gasteiger partial charge in [0.2, 0.25) is 5.91 Å². The Balaban J connectivity index is 1.92.